The van der Waals surface area contributed by atoms with Crippen LogP contribution in [0.1, 0.15) is 18.9 Å². The van der Waals surface area contributed by atoms with Gasteiger partial charge in [0, 0.05) is 44.2 Å². The van der Waals surface area contributed by atoms with Crippen LogP contribution in [0.4, 0.5) is 0 Å². The van der Waals surface area contributed by atoms with Gasteiger partial charge in [0.1, 0.15) is 0 Å². The molecule has 1 saturated heterocycles. The van der Waals surface area contributed by atoms with Crippen LogP contribution in [0, 0.1) is 5.92 Å². The molecule has 1 heterocycles. The molecular weight excluding hydrogens is 481 g/mol. The van der Waals surface area contributed by atoms with Gasteiger partial charge in [-0.2, -0.15) is 11.8 Å². The number of benzene rings is 2. The Hall–Kier alpha value is -0.990. The third-order valence-electron chi connectivity index (χ3n) is 4.89. The van der Waals surface area contributed by atoms with Crippen molar-refractivity contribution in [1.82, 2.24) is 10.2 Å². The second-order valence-electron chi connectivity index (χ2n) is 7.04. The summed E-state index contributed by atoms with van der Waals surface area (Å²) in [7, 11) is 2.13. The number of nitrogens with one attached hydrogen (secondary N) is 1. The molecule has 4 nitrogen and oxygen atoms in total. The molecule has 6 heteroatoms. The molecular formula is C22H32IN3OS. The van der Waals surface area contributed by atoms with Crippen molar-refractivity contribution in [1.29, 1.82) is 0 Å². The van der Waals surface area contributed by atoms with Gasteiger partial charge < -0.3 is 15.0 Å². The first-order valence-corrected chi connectivity index (χ1v) is 11.0. The topological polar surface area (TPSA) is 36.9 Å². The van der Waals surface area contributed by atoms with E-state index in [-0.39, 0.29) is 24.0 Å². The number of aliphatic imine (C=N–C) groups is 1. The number of hydrogen-bond acceptors (Lipinski definition) is 3. The molecule has 0 aliphatic carbocycles. The van der Waals surface area contributed by atoms with E-state index in [9.17, 15) is 0 Å². The van der Waals surface area contributed by atoms with Gasteiger partial charge in [-0.15, -0.1) is 24.0 Å². The fraction of sp³-hybridized carbons (Fsp3) is 0.500. The lowest BCUT2D eigenvalue weighted by molar-refractivity contribution is 0.181. The molecule has 3 rings (SSSR count). The molecule has 2 aromatic rings. The highest BCUT2D eigenvalue weighted by molar-refractivity contribution is 14.0. The fourth-order valence-corrected chi connectivity index (χ4v) is 4.32. The summed E-state index contributed by atoms with van der Waals surface area (Å²) < 4.78 is 5.49. The number of halogens is 1. The molecule has 28 heavy (non-hydrogen) atoms. The van der Waals surface area contributed by atoms with Gasteiger partial charge in [-0.3, -0.25) is 4.99 Å². The minimum absolute atomic E-state index is 0. The summed E-state index contributed by atoms with van der Waals surface area (Å²) in [5.74, 6) is 3.69. The summed E-state index contributed by atoms with van der Waals surface area (Å²) in [4.78, 5) is 7.07. The Kier molecular flexibility index (Phi) is 10.4. The molecule has 154 valence electrons. The maximum atomic E-state index is 5.49. The van der Waals surface area contributed by atoms with E-state index < -0.39 is 0 Å². The quantitative estimate of drug-likeness (QED) is 0.242. The highest BCUT2D eigenvalue weighted by Crippen LogP contribution is 2.22. The van der Waals surface area contributed by atoms with E-state index in [1.165, 1.54) is 16.3 Å². The average Bonchev–Trinajstić information content (AvgIpc) is 3.20. The van der Waals surface area contributed by atoms with Crippen LogP contribution in [0.5, 0.6) is 0 Å². The van der Waals surface area contributed by atoms with Crippen molar-refractivity contribution in [3.05, 3.63) is 48.0 Å². The monoisotopic (exact) mass is 513 g/mol. The van der Waals surface area contributed by atoms with E-state index in [1.54, 1.807) is 0 Å². The third-order valence-corrected chi connectivity index (χ3v) is 5.87. The molecule has 1 N–H and O–H groups in total. The first kappa shape index (κ1) is 23.3. The zero-order valence-corrected chi connectivity index (χ0v) is 20.0. The highest BCUT2D eigenvalue weighted by atomic mass is 127. The number of thioether (sulfide) groups is 1. The Morgan fingerprint density at radius 3 is 2.86 bits per heavy atom. The summed E-state index contributed by atoms with van der Waals surface area (Å²) in [6.45, 7) is 6.64. The van der Waals surface area contributed by atoms with Crippen LogP contribution in [-0.4, -0.2) is 56.5 Å². The molecule has 1 aliphatic heterocycles. The molecule has 0 spiro atoms. The number of fused-ring (bicyclic) bond motifs is 1. The van der Waals surface area contributed by atoms with Crippen molar-refractivity contribution in [2.45, 2.75) is 19.1 Å². The van der Waals surface area contributed by atoms with Crippen molar-refractivity contribution < 1.29 is 4.74 Å². The van der Waals surface area contributed by atoms with E-state index in [2.05, 4.69) is 66.7 Å². The van der Waals surface area contributed by atoms with Gasteiger partial charge in [-0.05, 0) is 29.7 Å². The summed E-state index contributed by atoms with van der Waals surface area (Å²) in [5.41, 5.74) is 1.41. The predicted molar refractivity (Wildman–Crippen MR) is 133 cm³/mol. The van der Waals surface area contributed by atoms with Gasteiger partial charge >= 0.3 is 0 Å². The van der Waals surface area contributed by atoms with Crippen molar-refractivity contribution in [2.24, 2.45) is 10.9 Å². The molecule has 0 saturated carbocycles. The van der Waals surface area contributed by atoms with Crippen LogP contribution in [0.25, 0.3) is 10.8 Å². The van der Waals surface area contributed by atoms with E-state index in [0.29, 0.717) is 5.92 Å². The second kappa shape index (κ2) is 12.5. The summed E-state index contributed by atoms with van der Waals surface area (Å²) >= 11 is 1.95. The van der Waals surface area contributed by atoms with Gasteiger partial charge in [0.2, 0.25) is 0 Å². The Morgan fingerprint density at radius 2 is 2.07 bits per heavy atom. The molecule has 2 aromatic carbocycles. The van der Waals surface area contributed by atoms with Crippen LogP contribution in [-0.2, 0) is 10.5 Å². The van der Waals surface area contributed by atoms with Gasteiger partial charge in [0.25, 0.3) is 0 Å². The Bertz CT molecular complexity index is 744. The Morgan fingerprint density at radius 1 is 1.25 bits per heavy atom. The Labute approximate surface area is 190 Å². The lowest BCUT2D eigenvalue weighted by Gasteiger charge is -2.24. The van der Waals surface area contributed by atoms with Crippen molar-refractivity contribution in [2.75, 3.05) is 45.6 Å². The number of guanidine groups is 1. The van der Waals surface area contributed by atoms with Crippen LogP contribution in [0.15, 0.2) is 47.5 Å². The summed E-state index contributed by atoms with van der Waals surface area (Å²) in [5, 5.41) is 6.10. The lowest BCUT2D eigenvalue weighted by atomic mass is 10.1. The van der Waals surface area contributed by atoms with Gasteiger partial charge in [-0.25, -0.2) is 0 Å². The third kappa shape index (κ3) is 6.81. The first-order valence-electron chi connectivity index (χ1n) is 9.89. The average molecular weight is 513 g/mol. The minimum Gasteiger partial charge on any atom is -0.381 e. The molecule has 0 aromatic heterocycles. The SMILES string of the molecule is CCNC(=NCCSCc1cccc2ccccc12)N(C)CC1CCOC1.I. The first-order chi connectivity index (χ1) is 13.3. The molecule has 1 unspecified atom stereocenters. The van der Waals surface area contributed by atoms with Crippen molar-refractivity contribution in [3.63, 3.8) is 0 Å². The lowest BCUT2D eigenvalue weighted by Crippen LogP contribution is -2.41. The number of ether oxygens (including phenoxy) is 1. The molecule has 1 aliphatic rings. The van der Waals surface area contributed by atoms with E-state index in [4.69, 9.17) is 9.73 Å². The zero-order valence-electron chi connectivity index (χ0n) is 16.9. The number of nitrogens with zero attached hydrogens (tertiary/aromatic N) is 2. The summed E-state index contributed by atoms with van der Waals surface area (Å²) in [6.07, 6.45) is 1.16. The molecule has 0 bridgehead atoms. The second-order valence-corrected chi connectivity index (χ2v) is 8.14. The minimum atomic E-state index is 0. The number of hydrogen-bond donors (Lipinski definition) is 1. The van der Waals surface area contributed by atoms with Gasteiger partial charge in [0.15, 0.2) is 5.96 Å². The fourth-order valence-electron chi connectivity index (χ4n) is 3.49. The van der Waals surface area contributed by atoms with E-state index >= 15 is 0 Å². The highest BCUT2D eigenvalue weighted by Gasteiger charge is 2.18. The predicted octanol–water partition coefficient (Wildman–Crippen LogP) is 4.62. The van der Waals surface area contributed by atoms with Crippen LogP contribution in [0.3, 0.4) is 0 Å². The van der Waals surface area contributed by atoms with Crippen molar-refractivity contribution >= 4 is 52.5 Å². The summed E-state index contributed by atoms with van der Waals surface area (Å²) in [6, 6.07) is 15.2. The van der Waals surface area contributed by atoms with Gasteiger partial charge in [-0.1, -0.05) is 42.5 Å². The molecule has 0 amide bonds. The molecule has 1 fully saturated rings. The standard InChI is InChI=1S/C22H31N3OS.HI/c1-3-23-22(25(2)15-18-11-13-26-16-18)24-12-14-27-17-20-9-6-8-19-7-4-5-10-21(19)20;/h4-10,18H,3,11-17H2,1-2H3,(H,23,24);1H. The van der Waals surface area contributed by atoms with Gasteiger partial charge in [0.05, 0.1) is 13.2 Å². The normalized spacial score (nSPS) is 16.8. The van der Waals surface area contributed by atoms with Crippen LogP contribution >= 0.6 is 35.7 Å². The largest absolute Gasteiger partial charge is 0.381 e. The molecule has 1 atom stereocenters. The maximum Gasteiger partial charge on any atom is 0.193 e. The number of rotatable bonds is 8. The van der Waals surface area contributed by atoms with E-state index in [0.717, 1.165) is 56.7 Å². The van der Waals surface area contributed by atoms with Crippen LogP contribution < -0.4 is 5.32 Å². The van der Waals surface area contributed by atoms with Crippen LogP contribution in [0.2, 0.25) is 0 Å². The Balaban J connectivity index is 0.00000280. The molecule has 0 radical (unpaired) electrons. The zero-order chi connectivity index (χ0) is 18.9. The van der Waals surface area contributed by atoms with Crippen molar-refractivity contribution in [3.8, 4) is 0 Å². The smallest absolute Gasteiger partial charge is 0.193 e. The van der Waals surface area contributed by atoms with E-state index in [1.807, 2.05) is 11.8 Å². The maximum absolute atomic E-state index is 5.49.